The molecule has 0 saturated carbocycles. The first kappa shape index (κ1) is 23.3. The van der Waals surface area contributed by atoms with Crippen LogP contribution < -0.4 is 5.50 Å². The summed E-state index contributed by atoms with van der Waals surface area (Å²) in [6, 6.07) is -0.145. The van der Waals surface area contributed by atoms with Crippen LogP contribution in [0.1, 0.15) is 18.7 Å². The predicted octanol–water partition coefficient (Wildman–Crippen LogP) is -1.40. The van der Waals surface area contributed by atoms with E-state index in [2.05, 4.69) is 4.98 Å². The number of ether oxygens (including phenoxy) is 2. The summed E-state index contributed by atoms with van der Waals surface area (Å²) < 4.78 is 41.4. The summed E-state index contributed by atoms with van der Waals surface area (Å²) in [6.07, 6.45) is 1.88. The van der Waals surface area contributed by atoms with Crippen LogP contribution >= 0.6 is 16.3 Å². The normalized spacial score (nSPS) is 35.6. The summed E-state index contributed by atoms with van der Waals surface area (Å²) in [5.41, 5.74) is 5.97. The Labute approximate surface area is 172 Å². The molecule has 0 spiro atoms. The lowest BCUT2D eigenvalue weighted by Gasteiger charge is -2.24. The van der Waals surface area contributed by atoms with Crippen molar-refractivity contribution in [2.75, 3.05) is 13.2 Å². The molecular formula is C14H27B2N3O8P2. The van der Waals surface area contributed by atoms with E-state index in [0.717, 1.165) is 4.34 Å². The number of nitrogens with zero attached hydrogens (tertiary/aromatic N) is 2. The van der Waals surface area contributed by atoms with E-state index in [1.165, 1.54) is 12.4 Å². The van der Waals surface area contributed by atoms with E-state index in [0.29, 0.717) is 18.7 Å². The number of aromatic nitrogens is 2. The second-order valence-electron chi connectivity index (χ2n) is 7.34. The molecule has 0 aliphatic carbocycles. The van der Waals surface area contributed by atoms with Crippen LogP contribution in [-0.2, 0) is 27.6 Å². The van der Waals surface area contributed by atoms with Crippen molar-refractivity contribution in [3.8, 4) is 0 Å². The van der Waals surface area contributed by atoms with Crippen molar-refractivity contribution in [3.05, 3.63) is 18.2 Å². The zero-order valence-electron chi connectivity index (χ0n) is 16.7. The van der Waals surface area contributed by atoms with Gasteiger partial charge >= 0.3 is 7.75 Å². The highest BCUT2D eigenvalue weighted by molar-refractivity contribution is 7.51. The van der Waals surface area contributed by atoms with Crippen LogP contribution in [0.2, 0.25) is 0 Å². The highest BCUT2D eigenvalue weighted by atomic mass is 31.2. The number of aliphatic hydroxyl groups is 1. The third kappa shape index (κ3) is 6.11. The minimum Gasteiger partial charge on any atom is -0.390 e. The van der Waals surface area contributed by atoms with Crippen molar-refractivity contribution < 1.29 is 37.6 Å². The van der Waals surface area contributed by atoms with Gasteiger partial charge in [-0.05, 0) is 19.8 Å². The molecule has 11 nitrogen and oxygen atoms in total. The highest BCUT2D eigenvalue weighted by Crippen LogP contribution is 2.45. The van der Waals surface area contributed by atoms with Crippen molar-refractivity contribution in [2.24, 2.45) is 5.50 Å². The average molecular weight is 449 g/mol. The average Bonchev–Trinajstić information content (AvgIpc) is 3.30. The van der Waals surface area contributed by atoms with Gasteiger partial charge < -0.3 is 28.5 Å². The fourth-order valence-corrected chi connectivity index (χ4v) is 5.40. The van der Waals surface area contributed by atoms with E-state index in [-0.39, 0.29) is 25.2 Å². The molecule has 8 atom stereocenters. The summed E-state index contributed by atoms with van der Waals surface area (Å²) in [5, 5.41) is 9.90. The Balaban J connectivity index is 1.49. The van der Waals surface area contributed by atoms with Gasteiger partial charge in [-0.25, -0.2) is 13.9 Å². The number of hydrogen-bond acceptors (Lipinski definition) is 9. The van der Waals surface area contributed by atoms with Crippen LogP contribution in [0, 0.1) is 6.92 Å². The molecule has 2 saturated heterocycles. The maximum atomic E-state index is 12.4. The number of nitrogens with two attached hydrogens (primary N) is 1. The maximum Gasteiger partial charge on any atom is 0.437 e. The largest absolute Gasteiger partial charge is 0.437 e. The Kier molecular flexibility index (Phi) is 7.95. The van der Waals surface area contributed by atoms with Gasteiger partial charge in [0.1, 0.15) is 33.7 Å². The Morgan fingerprint density at radius 2 is 2.03 bits per heavy atom. The van der Waals surface area contributed by atoms with E-state index < -0.39 is 40.7 Å². The van der Waals surface area contributed by atoms with Gasteiger partial charge in [0, 0.05) is 24.4 Å². The van der Waals surface area contributed by atoms with Crippen LogP contribution in [0.5, 0.6) is 0 Å². The van der Waals surface area contributed by atoms with Gasteiger partial charge in [-0.3, -0.25) is 10.0 Å². The zero-order chi connectivity index (χ0) is 21.2. The third-order valence-electron chi connectivity index (χ3n) is 4.88. The van der Waals surface area contributed by atoms with Crippen LogP contribution in [0.4, 0.5) is 0 Å². The standard InChI is InChI=1S/C14H27B2N3O8P2/c1-8-18-2-3-19(8)29(21,22)24-7-12-10(5-14(16)26-12)27-28(17)23-6-11-9(20)4-13(15)25-11/h2-3,9-14,20H,4-7,15-17H2,1H3,(H,21,22). The van der Waals surface area contributed by atoms with E-state index in [1.807, 2.05) is 15.7 Å². The minimum atomic E-state index is -4.09. The number of aliphatic hydroxyl groups excluding tert-OH is 1. The quantitative estimate of drug-likeness (QED) is 0.304. The molecule has 0 radical (unpaired) electrons. The maximum absolute atomic E-state index is 12.4. The van der Waals surface area contributed by atoms with Crippen LogP contribution in [0.15, 0.2) is 12.4 Å². The van der Waals surface area contributed by atoms with Crippen molar-refractivity contribution >= 4 is 32.0 Å². The van der Waals surface area contributed by atoms with Gasteiger partial charge in [0.25, 0.3) is 8.53 Å². The zero-order valence-corrected chi connectivity index (χ0v) is 18.4. The fourth-order valence-electron chi connectivity index (χ4n) is 3.45. The summed E-state index contributed by atoms with van der Waals surface area (Å²) in [4.78, 5) is 14.1. The number of rotatable bonds is 9. The summed E-state index contributed by atoms with van der Waals surface area (Å²) >= 11 is 0. The van der Waals surface area contributed by atoms with Crippen molar-refractivity contribution in [2.45, 2.75) is 56.2 Å². The highest BCUT2D eigenvalue weighted by Gasteiger charge is 2.38. The number of hydrogen-bond donors (Lipinski definition) is 3. The molecule has 162 valence electrons. The molecule has 1 aromatic heterocycles. The van der Waals surface area contributed by atoms with Crippen LogP contribution in [0.3, 0.4) is 0 Å². The first-order valence-electron chi connectivity index (χ1n) is 9.47. The molecule has 4 N–H and O–H groups in total. The lowest BCUT2D eigenvalue weighted by Crippen LogP contribution is -2.30. The Bertz CT molecular complexity index is 731. The Morgan fingerprint density at radius 1 is 1.34 bits per heavy atom. The lowest BCUT2D eigenvalue weighted by molar-refractivity contribution is -0.00863. The molecule has 0 aromatic carbocycles. The lowest BCUT2D eigenvalue weighted by atomic mass is 9.96. The smallest absolute Gasteiger partial charge is 0.390 e. The molecule has 0 amide bonds. The first-order chi connectivity index (χ1) is 13.7. The van der Waals surface area contributed by atoms with Crippen LogP contribution in [-0.4, -0.2) is 84.7 Å². The molecule has 2 fully saturated rings. The van der Waals surface area contributed by atoms with E-state index in [4.69, 9.17) is 28.5 Å². The van der Waals surface area contributed by atoms with E-state index in [1.54, 1.807) is 6.92 Å². The molecule has 3 heterocycles. The summed E-state index contributed by atoms with van der Waals surface area (Å²) in [6.45, 7) is 1.59. The van der Waals surface area contributed by atoms with Gasteiger partial charge in [-0.1, -0.05) is 0 Å². The van der Waals surface area contributed by atoms with E-state index >= 15 is 0 Å². The van der Waals surface area contributed by atoms with Gasteiger partial charge in [-0.15, -0.1) is 0 Å². The molecule has 15 heteroatoms. The molecule has 3 rings (SSSR count). The fraction of sp³-hybridized carbons (Fsp3) is 0.786. The topological polar surface area (TPSA) is 148 Å². The first-order valence-corrected chi connectivity index (χ1v) is 12.2. The molecule has 2 aliphatic heterocycles. The molecule has 29 heavy (non-hydrogen) atoms. The second kappa shape index (κ2) is 9.87. The Hall–Kier alpha value is -0.320. The van der Waals surface area contributed by atoms with Crippen molar-refractivity contribution in [3.63, 3.8) is 0 Å². The third-order valence-corrected chi connectivity index (χ3v) is 7.22. The van der Waals surface area contributed by atoms with Gasteiger partial charge in [0.05, 0.1) is 25.4 Å². The predicted molar refractivity (Wildman–Crippen MR) is 110 cm³/mol. The minimum absolute atomic E-state index is 0.0255. The van der Waals surface area contributed by atoms with Crippen molar-refractivity contribution in [1.29, 1.82) is 0 Å². The van der Waals surface area contributed by atoms with Crippen molar-refractivity contribution in [1.82, 2.24) is 9.32 Å². The van der Waals surface area contributed by atoms with Crippen LogP contribution in [0.25, 0.3) is 0 Å². The molecule has 0 bridgehead atoms. The monoisotopic (exact) mass is 449 g/mol. The van der Waals surface area contributed by atoms with Gasteiger partial charge in [0.2, 0.25) is 0 Å². The second-order valence-corrected chi connectivity index (χ2v) is 10.0. The SMILES string of the molecule is BC1CC(O)C(COP(N)OC2CC(B)OC2COP(=O)(O)n2ccnc2C)O1. The molecule has 1 aromatic rings. The molecule has 2 aliphatic rings. The van der Waals surface area contributed by atoms with Gasteiger partial charge in [0.15, 0.2) is 0 Å². The number of aryl methyl sites for hydroxylation is 1. The molecule has 8 unspecified atom stereocenters. The number of imidazole rings is 1. The van der Waals surface area contributed by atoms with E-state index in [9.17, 15) is 14.6 Å². The summed E-state index contributed by atoms with van der Waals surface area (Å²) in [5.74, 6) is 0.369. The summed E-state index contributed by atoms with van der Waals surface area (Å²) in [7, 11) is -2.07. The van der Waals surface area contributed by atoms with Gasteiger partial charge in [-0.2, -0.15) is 0 Å². The molecular weight excluding hydrogens is 422 g/mol. The Morgan fingerprint density at radius 3 is 2.66 bits per heavy atom.